The summed E-state index contributed by atoms with van der Waals surface area (Å²) in [5.41, 5.74) is 0.986. The van der Waals surface area contributed by atoms with Crippen LogP contribution in [0.25, 0.3) is 0 Å². The lowest BCUT2D eigenvalue weighted by molar-refractivity contribution is 0.168. The second-order valence-corrected chi connectivity index (χ2v) is 4.41. The van der Waals surface area contributed by atoms with Gasteiger partial charge in [-0.3, -0.25) is 5.32 Å². The van der Waals surface area contributed by atoms with E-state index in [1.54, 1.807) is 19.1 Å². The molecular weight excluding hydrogens is 292 g/mol. The lowest BCUT2D eigenvalue weighted by Gasteiger charge is -2.09. The second-order valence-electron chi connectivity index (χ2n) is 4.41. The molecule has 2 aromatic carbocycles. The topological polar surface area (TPSA) is 47.6 Å². The number of carbonyl (C=O) groups is 1. The molecule has 4 nitrogen and oxygen atoms in total. The monoisotopic (exact) mass is 307 g/mol. The molecule has 0 aromatic heterocycles. The van der Waals surface area contributed by atoms with Crippen molar-refractivity contribution in [2.45, 2.75) is 13.5 Å². The summed E-state index contributed by atoms with van der Waals surface area (Å²) in [6.45, 7) is 2.02. The normalized spacial score (nSPS) is 10.1. The highest BCUT2D eigenvalue weighted by atomic mass is 19.1. The summed E-state index contributed by atoms with van der Waals surface area (Å²) in [5, 5.41) is 2.39. The van der Waals surface area contributed by atoms with E-state index in [1.165, 1.54) is 24.3 Å². The average Bonchev–Trinajstić information content (AvgIpc) is 2.48. The minimum Gasteiger partial charge on any atom is -0.486 e. The highest BCUT2D eigenvalue weighted by Gasteiger charge is 2.08. The van der Waals surface area contributed by atoms with Crippen molar-refractivity contribution in [3.05, 3.63) is 59.7 Å². The third-order valence-electron chi connectivity index (χ3n) is 2.76. The Morgan fingerprint density at radius 1 is 1.14 bits per heavy atom. The van der Waals surface area contributed by atoms with E-state index >= 15 is 0 Å². The molecule has 0 unspecified atom stereocenters. The Kier molecular flexibility index (Phi) is 5.30. The number of hydrogen-bond acceptors (Lipinski definition) is 3. The van der Waals surface area contributed by atoms with Crippen LogP contribution < -0.4 is 10.1 Å². The summed E-state index contributed by atoms with van der Waals surface area (Å²) in [6.07, 6.45) is -0.651. The molecule has 1 amide bonds. The Bertz CT molecular complexity index is 644. The fourth-order valence-electron chi connectivity index (χ4n) is 1.72. The largest absolute Gasteiger partial charge is 0.486 e. The van der Waals surface area contributed by atoms with Gasteiger partial charge in [0.1, 0.15) is 12.4 Å². The van der Waals surface area contributed by atoms with Crippen molar-refractivity contribution in [1.82, 2.24) is 0 Å². The van der Waals surface area contributed by atoms with E-state index in [9.17, 15) is 13.6 Å². The summed E-state index contributed by atoms with van der Waals surface area (Å²) >= 11 is 0. The van der Waals surface area contributed by atoms with Crippen molar-refractivity contribution in [3.8, 4) is 5.75 Å². The molecule has 0 aliphatic carbocycles. The molecule has 0 aliphatic heterocycles. The van der Waals surface area contributed by atoms with Crippen molar-refractivity contribution < 1.29 is 23.0 Å². The van der Waals surface area contributed by atoms with Crippen LogP contribution in [0.15, 0.2) is 42.5 Å². The van der Waals surface area contributed by atoms with Crippen LogP contribution in [0.5, 0.6) is 5.75 Å². The summed E-state index contributed by atoms with van der Waals surface area (Å²) in [6, 6.07) is 9.77. The van der Waals surface area contributed by atoms with Crippen LogP contribution in [-0.2, 0) is 11.3 Å². The summed E-state index contributed by atoms with van der Waals surface area (Å²) < 4.78 is 36.7. The first-order valence-corrected chi connectivity index (χ1v) is 6.69. The first-order valence-electron chi connectivity index (χ1n) is 6.69. The van der Waals surface area contributed by atoms with Gasteiger partial charge in [-0.15, -0.1) is 0 Å². The number of ether oxygens (including phenoxy) is 2. The number of benzene rings is 2. The van der Waals surface area contributed by atoms with Gasteiger partial charge in [0.2, 0.25) is 0 Å². The van der Waals surface area contributed by atoms with Gasteiger partial charge in [0, 0.05) is 11.8 Å². The van der Waals surface area contributed by atoms with E-state index in [4.69, 9.17) is 9.47 Å². The van der Waals surface area contributed by atoms with Gasteiger partial charge in [-0.05, 0) is 36.8 Å². The van der Waals surface area contributed by atoms with Gasteiger partial charge >= 0.3 is 6.09 Å². The number of carbonyl (C=O) groups excluding carboxylic acids is 1. The van der Waals surface area contributed by atoms with E-state index in [1.807, 2.05) is 0 Å². The van der Waals surface area contributed by atoms with Gasteiger partial charge in [0.25, 0.3) is 0 Å². The summed E-state index contributed by atoms with van der Waals surface area (Å²) in [5.74, 6) is -0.917. The molecule has 1 N–H and O–H groups in total. The molecule has 0 bridgehead atoms. The van der Waals surface area contributed by atoms with Gasteiger partial charge in [0.05, 0.1) is 6.61 Å². The fraction of sp³-hybridized carbons (Fsp3) is 0.188. The van der Waals surface area contributed by atoms with E-state index in [2.05, 4.69) is 5.32 Å². The molecule has 116 valence electrons. The lowest BCUT2D eigenvalue weighted by Crippen LogP contribution is -2.13. The van der Waals surface area contributed by atoms with Crippen LogP contribution >= 0.6 is 0 Å². The predicted octanol–water partition coefficient (Wildman–Crippen LogP) is 4.11. The Hall–Kier alpha value is -2.63. The Balaban J connectivity index is 1.97. The smallest absolute Gasteiger partial charge is 0.411 e. The second kappa shape index (κ2) is 7.40. The summed E-state index contributed by atoms with van der Waals surface area (Å²) in [7, 11) is 0. The highest BCUT2D eigenvalue weighted by Crippen LogP contribution is 2.22. The zero-order valence-electron chi connectivity index (χ0n) is 11.9. The molecule has 2 rings (SSSR count). The minimum absolute atomic E-state index is 0.0405. The maximum atomic E-state index is 13.9. The van der Waals surface area contributed by atoms with Crippen molar-refractivity contribution >= 4 is 11.8 Å². The van der Waals surface area contributed by atoms with E-state index in [-0.39, 0.29) is 30.5 Å². The maximum absolute atomic E-state index is 13.9. The molecule has 0 saturated carbocycles. The Labute approximate surface area is 126 Å². The first-order chi connectivity index (χ1) is 10.6. The van der Waals surface area contributed by atoms with Gasteiger partial charge < -0.3 is 9.47 Å². The maximum Gasteiger partial charge on any atom is 0.411 e. The van der Waals surface area contributed by atoms with Crippen LogP contribution in [0.2, 0.25) is 0 Å². The van der Waals surface area contributed by atoms with Gasteiger partial charge in [-0.2, -0.15) is 0 Å². The standard InChI is InChI=1S/C16H15F2NO3/c1-2-21-16(20)19-13-7-8-15(14(18)9-13)22-10-11-3-5-12(17)6-4-11/h3-9H,2,10H2,1H3,(H,19,20). The molecule has 0 radical (unpaired) electrons. The molecule has 0 fully saturated rings. The zero-order valence-corrected chi connectivity index (χ0v) is 11.9. The van der Waals surface area contributed by atoms with Crippen molar-refractivity contribution in [2.75, 3.05) is 11.9 Å². The van der Waals surface area contributed by atoms with E-state index in [0.717, 1.165) is 11.6 Å². The van der Waals surface area contributed by atoms with Crippen LogP contribution in [0.4, 0.5) is 19.3 Å². The van der Waals surface area contributed by atoms with Gasteiger partial charge in [-0.25, -0.2) is 13.6 Å². The van der Waals surface area contributed by atoms with Gasteiger partial charge in [0.15, 0.2) is 11.6 Å². The van der Waals surface area contributed by atoms with Crippen molar-refractivity contribution in [3.63, 3.8) is 0 Å². The third-order valence-corrected chi connectivity index (χ3v) is 2.76. The van der Waals surface area contributed by atoms with Crippen LogP contribution in [0, 0.1) is 11.6 Å². The number of halogens is 2. The molecule has 0 aliphatic rings. The minimum atomic E-state index is -0.651. The first kappa shape index (κ1) is 15.8. The predicted molar refractivity (Wildman–Crippen MR) is 77.8 cm³/mol. The molecule has 0 atom stereocenters. The SMILES string of the molecule is CCOC(=O)Nc1ccc(OCc2ccc(F)cc2)c(F)c1. The molecular formula is C16H15F2NO3. The number of anilines is 1. The molecule has 0 saturated heterocycles. The number of rotatable bonds is 5. The Morgan fingerprint density at radius 3 is 2.50 bits per heavy atom. The average molecular weight is 307 g/mol. The molecule has 22 heavy (non-hydrogen) atoms. The molecule has 0 heterocycles. The van der Waals surface area contributed by atoms with Gasteiger partial charge in [-0.1, -0.05) is 12.1 Å². The summed E-state index contributed by atoms with van der Waals surface area (Å²) in [4.78, 5) is 11.2. The van der Waals surface area contributed by atoms with E-state index < -0.39 is 11.9 Å². The van der Waals surface area contributed by atoms with Crippen LogP contribution in [-0.4, -0.2) is 12.7 Å². The van der Waals surface area contributed by atoms with Crippen LogP contribution in [0.3, 0.4) is 0 Å². The van der Waals surface area contributed by atoms with E-state index in [0.29, 0.717) is 0 Å². The fourth-order valence-corrected chi connectivity index (χ4v) is 1.72. The number of amides is 1. The van der Waals surface area contributed by atoms with Crippen molar-refractivity contribution in [1.29, 1.82) is 0 Å². The van der Waals surface area contributed by atoms with Crippen LogP contribution in [0.1, 0.15) is 12.5 Å². The molecule has 2 aromatic rings. The molecule has 0 spiro atoms. The third kappa shape index (κ3) is 4.44. The van der Waals surface area contributed by atoms with Crippen molar-refractivity contribution in [2.24, 2.45) is 0 Å². The number of nitrogens with one attached hydrogen (secondary N) is 1. The number of hydrogen-bond donors (Lipinski definition) is 1. The zero-order chi connectivity index (χ0) is 15.9. The highest BCUT2D eigenvalue weighted by molar-refractivity contribution is 5.84. The molecule has 6 heteroatoms. The quantitative estimate of drug-likeness (QED) is 0.904. The lowest BCUT2D eigenvalue weighted by atomic mass is 10.2. The Morgan fingerprint density at radius 2 is 1.86 bits per heavy atom.